The van der Waals surface area contributed by atoms with Crippen molar-refractivity contribution in [3.63, 3.8) is 0 Å². The van der Waals surface area contributed by atoms with E-state index in [9.17, 15) is 17.6 Å². The van der Waals surface area contributed by atoms with Crippen LogP contribution in [0, 0.1) is 29.2 Å². The van der Waals surface area contributed by atoms with E-state index in [1.165, 1.54) is 18.2 Å². The van der Waals surface area contributed by atoms with Crippen LogP contribution < -0.4 is 9.47 Å². The van der Waals surface area contributed by atoms with Crippen molar-refractivity contribution in [1.29, 1.82) is 0 Å². The molecule has 1 aliphatic rings. The maximum absolute atomic E-state index is 14.5. The van der Waals surface area contributed by atoms with E-state index in [2.05, 4.69) is 6.58 Å². The van der Waals surface area contributed by atoms with Crippen LogP contribution in [0.15, 0.2) is 30.8 Å². The summed E-state index contributed by atoms with van der Waals surface area (Å²) in [6, 6.07) is 5.93. The van der Waals surface area contributed by atoms with Crippen molar-refractivity contribution in [3.8, 4) is 11.5 Å². The topological polar surface area (TPSA) is 18.5 Å². The highest BCUT2D eigenvalue weighted by atomic mass is 19.2. The highest BCUT2D eigenvalue weighted by Gasteiger charge is 2.29. The first-order valence-electron chi connectivity index (χ1n) is 10.3. The zero-order valence-electron chi connectivity index (χ0n) is 17.2. The van der Waals surface area contributed by atoms with E-state index >= 15 is 0 Å². The summed E-state index contributed by atoms with van der Waals surface area (Å²) in [5.41, 5.74) is 0.988. The fraction of sp³-hybridized carbons (Fsp3) is 0.417. The van der Waals surface area contributed by atoms with E-state index in [4.69, 9.17) is 9.47 Å². The molecule has 30 heavy (non-hydrogen) atoms. The third-order valence-electron chi connectivity index (χ3n) is 5.73. The van der Waals surface area contributed by atoms with E-state index in [1.807, 2.05) is 0 Å². The molecule has 0 atom stereocenters. The van der Waals surface area contributed by atoms with Crippen LogP contribution in [0.25, 0.3) is 5.57 Å². The zero-order valence-corrected chi connectivity index (χ0v) is 17.2. The molecule has 0 heterocycles. The number of hydrogen-bond acceptors (Lipinski definition) is 2. The average molecular weight is 422 g/mol. The Labute approximate surface area is 174 Å². The van der Waals surface area contributed by atoms with E-state index in [0.717, 1.165) is 0 Å². The molecule has 3 rings (SSSR count). The molecular formula is C24H26F4O2. The molecule has 0 spiro atoms. The summed E-state index contributed by atoms with van der Waals surface area (Å²) >= 11 is 0. The summed E-state index contributed by atoms with van der Waals surface area (Å²) < 4.78 is 67.6. The SMILES string of the molecule is C=C(c1ccc(OCC)c(F)c1F)C1CCC(c2ccc(OCC)c(F)c2F)CC1. The van der Waals surface area contributed by atoms with Crippen LogP contribution in [0.1, 0.15) is 56.6 Å². The Hall–Kier alpha value is -2.50. The Morgan fingerprint density at radius 2 is 1.33 bits per heavy atom. The van der Waals surface area contributed by atoms with E-state index in [0.29, 0.717) is 36.8 Å². The standard InChI is InChI=1S/C24H26F4O2/c1-4-29-19-12-10-17(21(25)23(19)27)14(3)15-6-8-16(9-7-15)18-11-13-20(30-5-2)24(28)22(18)26/h10-13,15-16H,3-9H2,1-2H3. The molecule has 1 fully saturated rings. The molecule has 2 aromatic rings. The normalized spacial score (nSPS) is 18.9. The molecule has 0 aromatic heterocycles. The van der Waals surface area contributed by atoms with E-state index in [-0.39, 0.29) is 42.1 Å². The third-order valence-corrected chi connectivity index (χ3v) is 5.73. The van der Waals surface area contributed by atoms with Crippen molar-refractivity contribution in [2.45, 2.75) is 45.4 Å². The van der Waals surface area contributed by atoms with Crippen molar-refractivity contribution in [1.82, 2.24) is 0 Å². The van der Waals surface area contributed by atoms with Crippen LogP contribution in [-0.4, -0.2) is 13.2 Å². The van der Waals surface area contributed by atoms with Crippen molar-refractivity contribution in [2.24, 2.45) is 5.92 Å². The predicted molar refractivity (Wildman–Crippen MR) is 109 cm³/mol. The van der Waals surface area contributed by atoms with Gasteiger partial charge < -0.3 is 9.47 Å². The highest BCUT2D eigenvalue weighted by molar-refractivity contribution is 5.66. The van der Waals surface area contributed by atoms with E-state index in [1.54, 1.807) is 19.9 Å². The molecule has 0 aliphatic heterocycles. The number of hydrogen-bond donors (Lipinski definition) is 0. The fourth-order valence-corrected chi connectivity index (χ4v) is 4.15. The molecule has 0 bridgehead atoms. The number of allylic oxidation sites excluding steroid dienone is 1. The molecule has 1 aliphatic carbocycles. The molecule has 2 nitrogen and oxygen atoms in total. The second kappa shape index (κ2) is 9.54. The minimum absolute atomic E-state index is 0.0521. The fourth-order valence-electron chi connectivity index (χ4n) is 4.15. The lowest BCUT2D eigenvalue weighted by atomic mass is 9.74. The summed E-state index contributed by atoms with van der Waals surface area (Å²) in [5.74, 6) is -4.22. The Morgan fingerprint density at radius 3 is 1.90 bits per heavy atom. The van der Waals surface area contributed by atoms with Crippen LogP contribution in [0.5, 0.6) is 11.5 Å². The van der Waals surface area contributed by atoms with Gasteiger partial charge in [0, 0.05) is 5.56 Å². The third kappa shape index (κ3) is 4.32. The first-order valence-corrected chi connectivity index (χ1v) is 10.3. The van der Waals surface area contributed by atoms with Crippen molar-refractivity contribution in [3.05, 3.63) is 65.2 Å². The lowest BCUT2D eigenvalue weighted by Gasteiger charge is -2.30. The van der Waals surface area contributed by atoms with Crippen LogP contribution in [0.2, 0.25) is 0 Å². The Balaban J connectivity index is 1.71. The Bertz CT molecular complexity index is 918. The molecule has 0 N–H and O–H groups in total. The van der Waals surface area contributed by atoms with Gasteiger partial charge in [-0.1, -0.05) is 12.6 Å². The second-order valence-corrected chi connectivity index (χ2v) is 7.46. The number of benzene rings is 2. The molecule has 0 saturated heterocycles. The van der Waals surface area contributed by atoms with Gasteiger partial charge in [0.2, 0.25) is 11.6 Å². The van der Waals surface area contributed by atoms with Gasteiger partial charge in [-0.2, -0.15) is 8.78 Å². The Kier molecular flexibility index (Phi) is 7.06. The molecule has 1 saturated carbocycles. The minimum Gasteiger partial charge on any atom is -0.491 e. The van der Waals surface area contributed by atoms with Gasteiger partial charge in [-0.3, -0.25) is 0 Å². The Morgan fingerprint density at radius 1 is 0.800 bits per heavy atom. The molecular weight excluding hydrogens is 396 g/mol. The predicted octanol–water partition coefficient (Wildman–Crippen LogP) is 7.03. The van der Waals surface area contributed by atoms with E-state index < -0.39 is 23.3 Å². The zero-order chi connectivity index (χ0) is 21.8. The molecule has 162 valence electrons. The number of ether oxygens (including phenoxy) is 2. The number of rotatable bonds is 7. The highest BCUT2D eigenvalue weighted by Crippen LogP contribution is 2.43. The van der Waals surface area contributed by atoms with Crippen LogP contribution in [0.4, 0.5) is 17.6 Å². The van der Waals surface area contributed by atoms with Gasteiger partial charge >= 0.3 is 0 Å². The number of halogens is 4. The van der Waals surface area contributed by atoms with Crippen LogP contribution >= 0.6 is 0 Å². The summed E-state index contributed by atoms with van der Waals surface area (Å²) in [5, 5.41) is 0. The first kappa shape index (κ1) is 22.2. The van der Waals surface area contributed by atoms with Crippen molar-refractivity contribution < 1.29 is 27.0 Å². The first-order chi connectivity index (χ1) is 14.4. The quantitative estimate of drug-likeness (QED) is 0.446. The van der Waals surface area contributed by atoms with Gasteiger partial charge in [0.15, 0.2) is 23.1 Å². The van der Waals surface area contributed by atoms with Crippen molar-refractivity contribution >= 4 is 5.57 Å². The molecule has 0 unspecified atom stereocenters. The van der Waals surface area contributed by atoms with Gasteiger partial charge in [0.25, 0.3) is 0 Å². The molecule has 0 amide bonds. The summed E-state index contributed by atoms with van der Waals surface area (Å²) in [6.07, 6.45) is 2.47. The van der Waals surface area contributed by atoms with Crippen LogP contribution in [0.3, 0.4) is 0 Å². The maximum atomic E-state index is 14.5. The second-order valence-electron chi connectivity index (χ2n) is 7.46. The van der Waals surface area contributed by atoms with Gasteiger partial charge in [0.1, 0.15) is 0 Å². The van der Waals surface area contributed by atoms with Gasteiger partial charge in [-0.05, 0) is 80.7 Å². The molecule has 2 aromatic carbocycles. The van der Waals surface area contributed by atoms with Crippen molar-refractivity contribution in [2.75, 3.05) is 13.2 Å². The van der Waals surface area contributed by atoms with Crippen LogP contribution in [-0.2, 0) is 0 Å². The summed E-state index contributed by atoms with van der Waals surface area (Å²) in [7, 11) is 0. The summed E-state index contributed by atoms with van der Waals surface area (Å²) in [4.78, 5) is 0. The van der Waals surface area contributed by atoms with Gasteiger partial charge in [-0.15, -0.1) is 0 Å². The van der Waals surface area contributed by atoms with Gasteiger partial charge in [0.05, 0.1) is 13.2 Å². The monoisotopic (exact) mass is 422 g/mol. The average Bonchev–Trinajstić information content (AvgIpc) is 2.75. The largest absolute Gasteiger partial charge is 0.491 e. The lowest BCUT2D eigenvalue weighted by molar-refractivity contribution is 0.310. The smallest absolute Gasteiger partial charge is 0.201 e. The lowest BCUT2D eigenvalue weighted by Crippen LogP contribution is -2.16. The minimum atomic E-state index is -1.02. The molecule has 0 radical (unpaired) electrons. The summed E-state index contributed by atoms with van der Waals surface area (Å²) in [6.45, 7) is 7.89. The maximum Gasteiger partial charge on any atom is 0.201 e. The van der Waals surface area contributed by atoms with Gasteiger partial charge in [-0.25, -0.2) is 8.78 Å². The molecule has 6 heteroatoms.